The van der Waals surface area contributed by atoms with Gasteiger partial charge in [0.15, 0.2) is 0 Å². The maximum absolute atomic E-state index is 6.44. The molecule has 0 saturated heterocycles. The van der Waals surface area contributed by atoms with Gasteiger partial charge in [-0.3, -0.25) is 4.98 Å². The van der Waals surface area contributed by atoms with Crippen LogP contribution in [-0.2, 0) is 12.0 Å². The fourth-order valence-corrected chi connectivity index (χ4v) is 2.37. The Morgan fingerprint density at radius 1 is 1.38 bits per heavy atom. The molecule has 0 aromatic carbocycles. The smallest absolute Gasteiger partial charge is 0.0426 e. The van der Waals surface area contributed by atoms with Crippen molar-refractivity contribution in [3.05, 3.63) is 29.6 Å². The largest absolute Gasteiger partial charge is 0.328 e. The molecule has 3 heteroatoms. The van der Waals surface area contributed by atoms with E-state index in [1.165, 1.54) is 0 Å². The van der Waals surface area contributed by atoms with Crippen LogP contribution in [0.3, 0.4) is 0 Å². The highest BCUT2D eigenvalue weighted by Crippen LogP contribution is 2.33. The van der Waals surface area contributed by atoms with E-state index >= 15 is 0 Å². The van der Waals surface area contributed by atoms with Crippen LogP contribution >= 0.6 is 0 Å². The van der Waals surface area contributed by atoms with Crippen LogP contribution < -0.4 is 11.5 Å². The number of aromatic nitrogens is 1. The highest BCUT2D eigenvalue weighted by Gasteiger charge is 2.32. The average molecular weight is 219 g/mol. The molecule has 2 rings (SSSR count). The molecule has 1 aromatic rings. The van der Waals surface area contributed by atoms with Crippen molar-refractivity contribution in [2.75, 3.05) is 0 Å². The van der Waals surface area contributed by atoms with Crippen LogP contribution in [0.25, 0.3) is 0 Å². The Hall–Kier alpha value is -0.930. The second-order valence-corrected chi connectivity index (χ2v) is 4.89. The van der Waals surface area contributed by atoms with Crippen molar-refractivity contribution in [1.82, 2.24) is 4.98 Å². The van der Waals surface area contributed by atoms with Crippen molar-refractivity contribution in [2.45, 2.75) is 50.6 Å². The summed E-state index contributed by atoms with van der Waals surface area (Å²) in [5, 5.41) is 0. The van der Waals surface area contributed by atoms with Crippen molar-refractivity contribution in [3.63, 3.8) is 0 Å². The molecular weight excluding hydrogens is 198 g/mol. The summed E-state index contributed by atoms with van der Waals surface area (Å²) in [6.45, 7) is 2.11. The van der Waals surface area contributed by atoms with Crippen molar-refractivity contribution >= 4 is 0 Å². The quantitative estimate of drug-likeness (QED) is 0.795. The normalized spacial score (nSPS) is 30.3. The molecule has 0 radical (unpaired) electrons. The molecule has 1 saturated carbocycles. The Morgan fingerprint density at radius 2 is 2.06 bits per heavy atom. The van der Waals surface area contributed by atoms with Gasteiger partial charge in [0.05, 0.1) is 0 Å². The first-order valence-corrected chi connectivity index (χ1v) is 6.14. The Bertz CT molecular complexity index is 337. The van der Waals surface area contributed by atoms with Gasteiger partial charge in [0, 0.05) is 23.5 Å². The summed E-state index contributed by atoms with van der Waals surface area (Å²) in [7, 11) is 0. The molecule has 0 spiro atoms. The lowest BCUT2D eigenvalue weighted by atomic mass is 9.76. The molecule has 88 valence electrons. The standard InChI is InChI=1S/C13H21N3/c1-2-12-4-3-10(9-16-12)13(15)7-5-11(14)6-8-13/h3-4,9,11H,2,5-8,14-15H2,1H3. The van der Waals surface area contributed by atoms with Crippen LogP contribution in [0.2, 0.25) is 0 Å². The molecule has 1 aliphatic rings. The first-order valence-electron chi connectivity index (χ1n) is 6.14. The first kappa shape index (κ1) is 11.6. The minimum Gasteiger partial charge on any atom is -0.328 e. The molecule has 0 atom stereocenters. The monoisotopic (exact) mass is 219 g/mol. The van der Waals surface area contributed by atoms with Gasteiger partial charge in [-0.1, -0.05) is 13.0 Å². The summed E-state index contributed by atoms with van der Waals surface area (Å²) < 4.78 is 0. The van der Waals surface area contributed by atoms with E-state index in [9.17, 15) is 0 Å². The van der Waals surface area contributed by atoms with E-state index in [0.29, 0.717) is 6.04 Å². The van der Waals surface area contributed by atoms with Gasteiger partial charge in [0.25, 0.3) is 0 Å². The summed E-state index contributed by atoms with van der Waals surface area (Å²) >= 11 is 0. The topological polar surface area (TPSA) is 64.9 Å². The summed E-state index contributed by atoms with van der Waals surface area (Å²) in [5.74, 6) is 0. The maximum atomic E-state index is 6.44. The summed E-state index contributed by atoms with van der Waals surface area (Å²) in [4.78, 5) is 4.43. The Balaban J connectivity index is 2.16. The van der Waals surface area contributed by atoms with E-state index in [2.05, 4.69) is 24.0 Å². The number of rotatable bonds is 2. The fourth-order valence-electron chi connectivity index (χ4n) is 2.37. The zero-order valence-electron chi connectivity index (χ0n) is 9.95. The van der Waals surface area contributed by atoms with E-state index in [1.54, 1.807) is 0 Å². The zero-order chi connectivity index (χ0) is 11.6. The second kappa shape index (κ2) is 4.52. The summed E-state index contributed by atoms with van der Waals surface area (Å²) in [6.07, 6.45) is 6.90. The summed E-state index contributed by atoms with van der Waals surface area (Å²) in [6, 6.07) is 4.54. The molecule has 0 amide bonds. The molecule has 1 aliphatic carbocycles. The lowest BCUT2D eigenvalue weighted by molar-refractivity contribution is 0.277. The van der Waals surface area contributed by atoms with Crippen molar-refractivity contribution in [2.24, 2.45) is 11.5 Å². The fraction of sp³-hybridized carbons (Fsp3) is 0.615. The highest BCUT2D eigenvalue weighted by molar-refractivity contribution is 5.23. The van der Waals surface area contributed by atoms with E-state index in [-0.39, 0.29) is 5.54 Å². The highest BCUT2D eigenvalue weighted by atomic mass is 14.8. The molecule has 1 aromatic heterocycles. The van der Waals surface area contributed by atoms with Gasteiger partial charge in [-0.2, -0.15) is 0 Å². The first-order chi connectivity index (χ1) is 7.64. The van der Waals surface area contributed by atoms with E-state index < -0.39 is 0 Å². The average Bonchev–Trinajstić information content (AvgIpc) is 2.33. The second-order valence-electron chi connectivity index (χ2n) is 4.89. The van der Waals surface area contributed by atoms with Gasteiger partial charge in [-0.25, -0.2) is 0 Å². The molecule has 4 N–H and O–H groups in total. The van der Waals surface area contributed by atoms with Crippen LogP contribution in [0.5, 0.6) is 0 Å². The van der Waals surface area contributed by atoms with Crippen LogP contribution in [0.15, 0.2) is 18.3 Å². The molecule has 0 aliphatic heterocycles. The zero-order valence-corrected chi connectivity index (χ0v) is 9.95. The molecule has 0 unspecified atom stereocenters. The van der Waals surface area contributed by atoms with Gasteiger partial charge in [0.1, 0.15) is 0 Å². The number of aryl methyl sites for hydroxylation is 1. The van der Waals surface area contributed by atoms with Crippen molar-refractivity contribution in [3.8, 4) is 0 Å². The predicted octanol–water partition coefficient (Wildman–Crippen LogP) is 1.70. The third-order valence-corrected chi connectivity index (χ3v) is 3.68. The molecule has 1 heterocycles. The Kier molecular flexibility index (Phi) is 3.26. The number of nitrogens with two attached hydrogens (primary N) is 2. The van der Waals surface area contributed by atoms with Gasteiger partial charge < -0.3 is 11.5 Å². The van der Waals surface area contributed by atoms with Gasteiger partial charge >= 0.3 is 0 Å². The molecule has 0 bridgehead atoms. The minimum atomic E-state index is -0.199. The third kappa shape index (κ3) is 2.25. The van der Waals surface area contributed by atoms with E-state index in [1.807, 2.05) is 6.20 Å². The van der Waals surface area contributed by atoms with Gasteiger partial charge in [-0.15, -0.1) is 0 Å². The minimum absolute atomic E-state index is 0.199. The van der Waals surface area contributed by atoms with Crippen LogP contribution in [0.4, 0.5) is 0 Å². The molecule has 16 heavy (non-hydrogen) atoms. The maximum Gasteiger partial charge on any atom is 0.0426 e. The number of nitrogens with zero attached hydrogens (tertiary/aromatic N) is 1. The van der Waals surface area contributed by atoms with Gasteiger partial charge in [-0.05, 0) is 43.7 Å². The van der Waals surface area contributed by atoms with Crippen LogP contribution in [-0.4, -0.2) is 11.0 Å². The van der Waals surface area contributed by atoms with Crippen molar-refractivity contribution in [1.29, 1.82) is 0 Å². The number of pyridine rings is 1. The molecule has 3 nitrogen and oxygen atoms in total. The van der Waals surface area contributed by atoms with Gasteiger partial charge in [0.2, 0.25) is 0 Å². The lowest BCUT2D eigenvalue weighted by Crippen LogP contribution is -2.43. The number of hydrogen-bond donors (Lipinski definition) is 2. The lowest BCUT2D eigenvalue weighted by Gasteiger charge is -2.36. The van der Waals surface area contributed by atoms with E-state index in [0.717, 1.165) is 43.4 Å². The predicted molar refractivity (Wildman–Crippen MR) is 65.9 cm³/mol. The van der Waals surface area contributed by atoms with Crippen LogP contribution in [0, 0.1) is 0 Å². The Labute approximate surface area is 97.2 Å². The SMILES string of the molecule is CCc1ccc(C2(N)CCC(N)CC2)cn1. The summed E-state index contributed by atoms with van der Waals surface area (Å²) in [5.41, 5.74) is 14.4. The number of hydrogen-bond acceptors (Lipinski definition) is 3. The van der Waals surface area contributed by atoms with Crippen molar-refractivity contribution < 1.29 is 0 Å². The van der Waals surface area contributed by atoms with E-state index in [4.69, 9.17) is 11.5 Å². The van der Waals surface area contributed by atoms with Crippen LogP contribution in [0.1, 0.15) is 43.9 Å². The Morgan fingerprint density at radius 3 is 2.56 bits per heavy atom. The molecular formula is C13H21N3. The third-order valence-electron chi connectivity index (χ3n) is 3.68. The molecule has 1 fully saturated rings.